The number of anilines is 2. The van der Waals surface area contributed by atoms with E-state index in [1.165, 1.54) is 82.9 Å². The molecule has 6 aromatic carbocycles. The number of pyridine rings is 2. The number of hydrogen-bond acceptors (Lipinski definition) is 14. The van der Waals surface area contributed by atoms with Crippen LogP contribution in [0.25, 0.3) is 44.3 Å². The highest BCUT2D eigenvalue weighted by Gasteiger charge is 2.21. The monoisotopic (exact) mass is 1220 g/mol. The highest BCUT2D eigenvalue weighted by molar-refractivity contribution is 9.10. The van der Waals surface area contributed by atoms with Gasteiger partial charge < -0.3 is 28.6 Å². The smallest absolute Gasteiger partial charge is 0.488 e. The van der Waals surface area contributed by atoms with E-state index in [1.807, 2.05) is 48.5 Å². The van der Waals surface area contributed by atoms with E-state index in [9.17, 15) is 26.4 Å². The Kier molecular flexibility index (Phi) is 20.6. The van der Waals surface area contributed by atoms with E-state index in [0.29, 0.717) is 62.0 Å². The second-order valence-electron chi connectivity index (χ2n) is 18.1. The van der Waals surface area contributed by atoms with Gasteiger partial charge in [-0.05, 0) is 118 Å². The summed E-state index contributed by atoms with van der Waals surface area (Å²) in [5.41, 5.74) is 6.57. The van der Waals surface area contributed by atoms with Crippen molar-refractivity contribution in [1.82, 2.24) is 19.4 Å². The number of nitrogens with one attached hydrogen (secondary N) is 2. The Morgan fingerprint density at radius 2 is 1.01 bits per heavy atom. The first-order valence-electron chi connectivity index (χ1n) is 24.0. The van der Waals surface area contributed by atoms with Gasteiger partial charge in [0.1, 0.15) is 24.0 Å². The minimum atomic E-state index is -3.91. The third-order valence-electron chi connectivity index (χ3n) is 12.3. The van der Waals surface area contributed by atoms with Gasteiger partial charge in [0.2, 0.25) is 0 Å². The molecule has 0 radical (unpaired) electrons. The molecular weight excluding hydrogens is 1170 g/mol. The van der Waals surface area contributed by atoms with Crippen LogP contribution in [0.15, 0.2) is 203 Å². The molecule has 2 unspecified atom stereocenters. The Labute approximate surface area is 477 Å². The zero-order valence-electron chi connectivity index (χ0n) is 44.3. The lowest BCUT2D eigenvalue weighted by atomic mass is 9.79. The van der Waals surface area contributed by atoms with Crippen LogP contribution in [0.4, 0.5) is 11.6 Å². The van der Waals surface area contributed by atoms with E-state index in [4.69, 9.17) is 24.0 Å². The van der Waals surface area contributed by atoms with E-state index in [0.717, 1.165) is 21.2 Å². The number of aromatic nitrogens is 4. The van der Waals surface area contributed by atoms with Crippen molar-refractivity contribution in [3.63, 3.8) is 0 Å². The fourth-order valence-corrected chi connectivity index (χ4v) is 10.6. The third kappa shape index (κ3) is 14.3. The molecule has 0 saturated carbocycles. The van der Waals surface area contributed by atoms with Crippen molar-refractivity contribution >= 4 is 102 Å². The van der Waals surface area contributed by atoms with E-state index < -0.39 is 27.2 Å². The molecule has 0 aliphatic rings. The molecule has 18 nitrogen and oxygen atoms in total. The van der Waals surface area contributed by atoms with Crippen molar-refractivity contribution in [1.29, 1.82) is 0 Å². The number of benzene rings is 6. The lowest BCUT2D eigenvalue weighted by Crippen LogP contribution is -2.29. The van der Waals surface area contributed by atoms with Crippen molar-refractivity contribution in [3.8, 4) is 34.0 Å². The number of ether oxygens (including phenoxy) is 2. The van der Waals surface area contributed by atoms with Gasteiger partial charge in [-0.25, -0.2) is 16.8 Å². The van der Waals surface area contributed by atoms with Crippen LogP contribution in [0.3, 0.4) is 0 Å². The van der Waals surface area contributed by atoms with E-state index in [-0.39, 0.29) is 52.3 Å². The fourth-order valence-electron chi connectivity index (χ4n) is 8.24. The SMILES string of the molecule is CC(C)c1cccc(B(O)O)c1.COc1cc(-c2cccc(C(C)C)c2)ccc1-n1c(=O)ccc2cc(S(=O)(=O)Nc3ccon3)ccc21.COc1cc(Br)ccc1-n1c(=O)ccc2cc(S(=O)(=O)Nc3ccon3)ccc21.P.P. The quantitative estimate of drug-likeness (QED) is 0.0585. The molecule has 10 aromatic rings. The van der Waals surface area contributed by atoms with Crippen LogP contribution in [-0.4, -0.2) is 67.7 Å². The van der Waals surface area contributed by atoms with Gasteiger partial charge in [-0.2, -0.15) is 19.8 Å². The van der Waals surface area contributed by atoms with Crippen molar-refractivity contribution in [2.75, 3.05) is 23.7 Å². The predicted octanol–water partition coefficient (Wildman–Crippen LogP) is 9.74. The molecule has 0 aliphatic heterocycles. The first kappa shape index (κ1) is 61.8. The van der Waals surface area contributed by atoms with Crippen molar-refractivity contribution in [2.24, 2.45) is 0 Å². The van der Waals surface area contributed by atoms with Crippen LogP contribution in [0.5, 0.6) is 11.5 Å². The zero-order chi connectivity index (χ0) is 55.9. The van der Waals surface area contributed by atoms with Crippen LogP contribution in [0.1, 0.15) is 50.7 Å². The molecular formula is C56H58BBrN6O12P2S2. The van der Waals surface area contributed by atoms with Crippen LogP contribution < -0.4 is 35.5 Å². The highest BCUT2D eigenvalue weighted by atomic mass is 79.9. The average molecular weight is 1220 g/mol. The Hall–Kier alpha value is -7.42. The number of fused-ring (bicyclic) bond motifs is 2. The molecule has 0 spiro atoms. The summed E-state index contributed by atoms with van der Waals surface area (Å²) in [6.45, 7) is 8.44. The van der Waals surface area contributed by atoms with Crippen molar-refractivity contribution in [3.05, 3.63) is 207 Å². The molecule has 416 valence electrons. The molecule has 10 rings (SSSR count). The highest BCUT2D eigenvalue weighted by Crippen LogP contribution is 2.34. The van der Waals surface area contributed by atoms with E-state index >= 15 is 0 Å². The number of hydrogen-bond donors (Lipinski definition) is 4. The number of methoxy groups -OCH3 is 2. The van der Waals surface area contributed by atoms with Crippen molar-refractivity contribution < 1.29 is 45.4 Å². The first-order chi connectivity index (χ1) is 37.3. The molecule has 4 N–H and O–H groups in total. The maximum Gasteiger partial charge on any atom is 0.488 e. The topological polar surface area (TPSA) is 247 Å². The Morgan fingerprint density at radius 1 is 0.550 bits per heavy atom. The van der Waals surface area contributed by atoms with Crippen LogP contribution >= 0.6 is 35.7 Å². The largest absolute Gasteiger partial charge is 0.495 e. The minimum Gasteiger partial charge on any atom is -0.495 e. The number of halogens is 1. The summed E-state index contributed by atoms with van der Waals surface area (Å²) in [6.07, 6.45) is 2.54. The van der Waals surface area contributed by atoms with Gasteiger partial charge in [-0.1, -0.05) is 109 Å². The number of sulfonamides is 2. The van der Waals surface area contributed by atoms with E-state index in [1.54, 1.807) is 55.6 Å². The molecule has 0 amide bonds. The minimum absolute atomic E-state index is 0. The second kappa shape index (κ2) is 26.7. The van der Waals surface area contributed by atoms with Gasteiger partial charge in [0.05, 0.1) is 46.4 Å². The Bertz CT molecular complexity index is 4110. The number of nitrogens with zero attached hydrogens (tertiary/aromatic N) is 4. The third-order valence-corrected chi connectivity index (χ3v) is 15.5. The standard InChI is InChI=1S/C28H25N3O5S.C19H14BrN3O5S.C9H13BO2.2H3P/c1-18(2)19-5-4-6-20(15-19)21-7-10-25(26(17-21)35-3)31-24-11-9-23(16-22(24)8-12-28(31)32)37(33,34)30-27-13-14-36-29-27;1-27-17-11-13(20)3-5-16(17)23-15-6-4-14(10-12(15)2-7-19(23)24)29(25,26)22-18-8-9-28-21-18;1-7(2)8-4-3-5-9(6-8)10(11)12;;/h4-18H,1-3H3,(H,29,30);2-11H,1H3,(H,21,22);3-7,11-12H,1-2H3;2*1H3. The first-order valence-corrected chi connectivity index (χ1v) is 27.8. The molecule has 24 heteroatoms. The molecule has 4 aromatic heterocycles. The summed E-state index contributed by atoms with van der Waals surface area (Å²) < 4.78 is 79.8. The number of rotatable bonds is 14. The Balaban J connectivity index is 0.000000213. The van der Waals surface area contributed by atoms with Crippen LogP contribution in [0, 0.1) is 0 Å². The average Bonchev–Trinajstić information content (AvgIpc) is 4.27. The van der Waals surface area contributed by atoms with Gasteiger partial charge in [0, 0.05) is 39.5 Å². The van der Waals surface area contributed by atoms with Gasteiger partial charge >= 0.3 is 7.12 Å². The molecule has 0 aliphatic carbocycles. The lowest BCUT2D eigenvalue weighted by Gasteiger charge is -2.16. The molecule has 0 bridgehead atoms. The van der Waals surface area contributed by atoms with Crippen LogP contribution in [0.2, 0.25) is 0 Å². The fraction of sp³-hybridized carbons (Fsp3) is 0.143. The maximum absolute atomic E-state index is 13.0. The normalized spacial score (nSPS) is 11.1. The molecule has 0 saturated heterocycles. The van der Waals surface area contributed by atoms with Gasteiger partial charge in [0.25, 0.3) is 31.2 Å². The summed E-state index contributed by atoms with van der Waals surface area (Å²) in [4.78, 5) is 25.7. The van der Waals surface area contributed by atoms with Crippen LogP contribution in [-0.2, 0) is 20.0 Å². The summed E-state index contributed by atoms with van der Waals surface area (Å²) in [7, 11) is -6.06. The summed E-state index contributed by atoms with van der Waals surface area (Å²) in [5.74, 6) is 1.99. The van der Waals surface area contributed by atoms with Gasteiger partial charge in [0.15, 0.2) is 11.6 Å². The summed E-state index contributed by atoms with van der Waals surface area (Å²) in [5, 5.41) is 26.0. The summed E-state index contributed by atoms with van der Waals surface area (Å²) in [6, 6.07) is 44.5. The molecule has 4 heterocycles. The molecule has 2 atom stereocenters. The lowest BCUT2D eigenvalue weighted by molar-refractivity contribution is 0.412. The van der Waals surface area contributed by atoms with Gasteiger partial charge in [-0.3, -0.25) is 28.2 Å². The predicted molar refractivity (Wildman–Crippen MR) is 327 cm³/mol. The zero-order valence-corrected chi connectivity index (χ0v) is 50.3. The second-order valence-corrected chi connectivity index (χ2v) is 22.4. The Morgan fingerprint density at radius 3 is 1.48 bits per heavy atom. The maximum atomic E-state index is 13.0. The van der Waals surface area contributed by atoms with E-state index in [2.05, 4.69) is 80.0 Å². The molecule has 0 fully saturated rings. The van der Waals surface area contributed by atoms with Crippen molar-refractivity contribution in [2.45, 2.75) is 49.3 Å². The molecule has 80 heavy (non-hydrogen) atoms. The summed E-state index contributed by atoms with van der Waals surface area (Å²) >= 11 is 3.38. The van der Waals surface area contributed by atoms with Gasteiger partial charge in [-0.15, -0.1) is 0 Å².